The average molecular weight is 372 g/mol. The van der Waals surface area contributed by atoms with Crippen LogP contribution in [0.2, 0.25) is 0 Å². The van der Waals surface area contributed by atoms with E-state index < -0.39 is 11.9 Å². The molecule has 1 aromatic carbocycles. The molecule has 1 N–H and O–H groups in total. The quantitative estimate of drug-likeness (QED) is 0.893. The van der Waals surface area contributed by atoms with Gasteiger partial charge in [-0.1, -0.05) is 30.3 Å². The van der Waals surface area contributed by atoms with Crippen molar-refractivity contribution in [3.63, 3.8) is 0 Å². The van der Waals surface area contributed by atoms with Gasteiger partial charge >= 0.3 is 5.97 Å². The van der Waals surface area contributed by atoms with E-state index in [2.05, 4.69) is 4.98 Å². The number of carboxylic acid groups (broad SMARTS) is 1. The second-order valence-electron chi connectivity index (χ2n) is 6.74. The molecule has 2 aromatic rings. The van der Waals surface area contributed by atoms with Crippen LogP contribution in [0, 0.1) is 5.92 Å². The van der Waals surface area contributed by atoms with Crippen LogP contribution in [0.25, 0.3) is 0 Å². The van der Waals surface area contributed by atoms with E-state index in [1.807, 2.05) is 30.3 Å². The maximum absolute atomic E-state index is 12.9. The molecule has 0 bridgehead atoms. The molecule has 1 aromatic heterocycles. The molecule has 136 valence electrons. The summed E-state index contributed by atoms with van der Waals surface area (Å²) in [5.41, 5.74) is 0.958. The van der Waals surface area contributed by atoms with Gasteiger partial charge in [0.15, 0.2) is 0 Å². The first-order chi connectivity index (χ1) is 12.6. The van der Waals surface area contributed by atoms with Gasteiger partial charge in [0.05, 0.1) is 12.1 Å². The maximum atomic E-state index is 12.9. The van der Waals surface area contributed by atoms with Crippen LogP contribution in [0.3, 0.4) is 0 Å². The third kappa shape index (κ3) is 3.24. The number of ether oxygens (including phenoxy) is 1. The van der Waals surface area contributed by atoms with Crippen molar-refractivity contribution >= 4 is 23.2 Å². The van der Waals surface area contributed by atoms with E-state index in [9.17, 15) is 14.7 Å². The summed E-state index contributed by atoms with van der Waals surface area (Å²) in [5, 5.41) is 10.4. The van der Waals surface area contributed by atoms with Crippen molar-refractivity contribution in [2.24, 2.45) is 5.92 Å². The van der Waals surface area contributed by atoms with Crippen LogP contribution in [0.5, 0.6) is 0 Å². The number of benzene rings is 1. The average Bonchev–Trinajstić information content (AvgIpc) is 3.41. The predicted molar refractivity (Wildman–Crippen MR) is 96.3 cm³/mol. The highest BCUT2D eigenvalue weighted by molar-refractivity contribution is 7.13. The molecule has 2 aliphatic heterocycles. The van der Waals surface area contributed by atoms with Gasteiger partial charge < -0.3 is 14.7 Å². The standard InChI is InChI=1S/C19H20N2O4S/c22-18(16-9-20-17(26-16)15-7-4-8-25-15)21-10-13(14(11-21)19(23)24)12-5-2-1-3-6-12/h1-3,5-6,9,13-15H,4,7-8,10-11H2,(H,23,24). The van der Waals surface area contributed by atoms with Crippen LogP contribution in [-0.2, 0) is 9.53 Å². The van der Waals surface area contributed by atoms with Crippen LogP contribution < -0.4 is 0 Å². The molecule has 0 saturated carbocycles. The number of carbonyl (C=O) groups excluding carboxylic acids is 1. The number of carbonyl (C=O) groups is 2. The van der Waals surface area contributed by atoms with Crippen molar-refractivity contribution < 1.29 is 19.4 Å². The number of aromatic nitrogens is 1. The fourth-order valence-corrected chi connectivity index (χ4v) is 4.69. The van der Waals surface area contributed by atoms with E-state index in [4.69, 9.17) is 4.74 Å². The third-order valence-electron chi connectivity index (χ3n) is 5.09. The van der Waals surface area contributed by atoms with E-state index in [1.54, 1.807) is 11.1 Å². The van der Waals surface area contributed by atoms with E-state index in [0.717, 1.165) is 30.0 Å². The highest BCUT2D eigenvalue weighted by Gasteiger charge is 2.41. The van der Waals surface area contributed by atoms with E-state index in [1.165, 1.54) is 11.3 Å². The number of hydrogen-bond acceptors (Lipinski definition) is 5. The first-order valence-corrected chi connectivity index (χ1v) is 9.59. The largest absolute Gasteiger partial charge is 0.481 e. The number of hydrogen-bond donors (Lipinski definition) is 1. The van der Waals surface area contributed by atoms with Gasteiger partial charge in [0.1, 0.15) is 16.0 Å². The summed E-state index contributed by atoms with van der Waals surface area (Å²) in [6, 6.07) is 9.56. The van der Waals surface area contributed by atoms with Gasteiger partial charge in [-0.25, -0.2) is 4.98 Å². The molecule has 4 rings (SSSR count). The van der Waals surface area contributed by atoms with Crippen molar-refractivity contribution in [3.05, 3.63) is 52.0 Å². The van der Waals surface area contributed by atoms with Crippen molar-refractivity contribution in [1.82, 2.24) is 9.88 Å². The topological polar surface area (TPSA) is 79.7 Å². The van der Waals surface area contributed by atoms with E-state index >= 15 is 0 Å². The number of likely N-dealkylation sites (tertiary alicyclic amines) is 1. The lowest BCUT2D eigenvalue weighted by atomic mass is 9.89. The summed E-state index contributed by atoms with van der Waals surface area (Å²) in [5.74, 6) is -1.79. The van der Waals surface area contributed by atoms with Crippen LogP contribution in [0.1, 0.15) is 45.1 Å². The highest BCUT2D eigenvalue weighted by atomic mass is 32.1. The fraction of sp³-hybridized carbons (Fsp3) is 0.421. The van der Waals surface area contributed by atoms with Crippen molar-refractivity contribution in [2.75, 3.05) is 19.7 Å². The zero-order valence-corrected chi connectivity index (χ0v) is 15.0. The SMILES string of the molecule is O=C(O)C1CN(C(=O)c2cnc(C3CCCO3)s2)CC1c1ccccc1. The number of aliphatic carboxylic acids is 1. The normalized spacial score (nSPS) is 25.5. The van der Waals surface area contributed by atoms with E-state index in [0.29, 0.717) is 11.4 Å². The van der Waals surface area contributed by atoms with Crippen LogP contribution in [0.4, 0.5) is 0 Å². The van der Waals surface area contributed by atoms with Gasteiger partial charge in [-0.3, -0.25) is 9.59 Å². The van der Waals surface area contributed by atoms with Gasteiger partial charge in [-0.2, -0.15) is 0 Å². The van der Waals surface area contributed by atoms with Crippen molar-refractivity contribution in [2.45, 2.75) is 24.9 Å². The van der Waals surface area contributed by atoms with Crippen molar-refractivity contribution in [3.8, 4) is 0 Å². The Morgan fingerprint density at radius 2 is 2.04 bits per heavy atom. The first-order valence-electron chi connectivity index (χ1n) is 8.78. The zero-order chi connectivity index (χ0) is 18.1. The summed E-state index contributed by atoms with van der Waals surface area (Å²) in [6.07, 6.45) is 3.53. The summed E-state index contributed by atoms with van der Waals surface area (Å²) < 4.78 is 5.63. The van der Waals surface area contributed by atoms with Crippen LogP contribution >= 0.6 is 11.3 Å². The number of nitrogens with zero attached hydrogens (tertiary/aromatic N) is 2. The Morgan fingerprint density at radius 3 is 2.73 bits per heavy atom. The molecule has 2 aliphatic rings. The first kappa shape index (κ1) is 17.2. The minimum absolute atomic E-state index is 0.0102. The lowest BCUT2D eigenvalue weighted by Crippen LogP contribution is -2.29. The molecule has 0 aliphatic carbocycles. The monoisotopic (exact) mass is 372 g/mol. The Kier molecular flexibility index (Phi) is 4.74. The molecule has 26 heavy (non-hydrogen) atoms. The lowest BCUT2D eigenvalue weighted by Gasteiger charge is -2.15. The molecule has 1 amide bonds. The summed E-state index contributed by atoms with van der Waals surface area (Å²) >= 11 is 1.36. The Morgan fingerprint density at radius 1 is 1.23 bits per heavy atom. The molecule has 0 radical (unpaired) electrons. The maximum Gasteiger partial charge on any atom is 0.308 e. The summed E-state index contributed by atoms with van der Waals surface area (Å²) in [4.78, 5) is 31.1. The Balaban J connectivity index is 1.52. The summed E-state index contributed by atoms with van der Waals surface area (Å²) in [6.45, 7) is 1.37. The summed E-state index contributed by atoms with van der Waals surface area (Å²) in [7, 11) is 0. The molecule has 2 saturated heterocycles. The fourth-order valence-electron chi connectivity index (χ4n) is 3.72. The number of rotatable bonds is 4. The predicted octanol–water partition coefficient (Wildman–Crippen LogP) is 2.94. The minimum atomic E-state index is -0.862. The smallest absolute Gasteiger partial charge is 0.308 e. The molecule has 3 heterocycles. The molecule has 3 atom stereocenters. The second-order valence-corrected chi connectivity index (χ2v) is 7.80. The zero-order valence-electron chi connectivity index (χ0n) is 14.2. The van der Waals surface area contributed by atoms with Gasteiger partial charge in [0, 0.05) is 25.6 Å². The van der Waals surface area contributed by atoms with E-state index in [-0.39, 0.29) is 24.5 Å². The van der Waals surface area contributed by atoms with Crippen molar-refractivity contribution in [1.29, 1.82) is 0 Å². The molecular formula is C19H20N2O4S. The van der Waals surface area contributed by atoms with Crippen LogP contribution in [0.15, 0.2) is 36.5 Å². The van der Waals surface area contributed by atoms with Crippen LogP contribution in [-0.4, -0.2) is 46.6 Å². The number of carboxylic acids is 1. The molecule has 2 fully saturated rings. The number of thiazole rings is 1. The molecular weight excluding hydrogens is 352 g/mol. The van der Waals surface area contributed by atoms with Gasteiger partial charge in [-0.15, -0.1) is 11.3 Å². The molecule has 6 nitrogen and oxygen atoms in total. The van der Waals surface area contributed by atoms with Gasteiger partial charge in [0.25, 0.3) is 5.91 Å². The van der Waals surface area contributed by atoms with Gasteiger partial charge in [-0.05, 0) is 18.4 Å². The Labute approximate surface area is 155 Å². The molecule has 7 heteroatoms. The Bertz CT molecular complexity index is 801. The molecule has 0 spiro atoms. The third-order valence-corrected chi connectivity index (χ3v) is 6.17. The highest BCUT2D eigenvalue weighted by Crippen LogP contribution is 2.35. The lowest BCUT2D eigenvalue weighted by molar-refractivity contribution is -0.141. The second kappa shape index (κ2) is 7.17. The molecule has 3 unspecified atom stereocenters. The van der Waals surface area contributed by atoms with Gasteiger partial charge in [0.2, 0.25) is 0 Å². The number of amides is 1. The Hall–Kier alpha value is -2.25. The minimum Gasteiger partial charge on any atom is -0.481 e.